The van der Waals surface area contributed by atoms with Gasteiger partial charge >= 0.3 is 0 Å². The smallest absolute Gasteiger partial charge is 0.168 e. The summed E-state index contributed by atoms with van der Waals surface area (Å²) in [4.78, 5) is 14.3. The van der Waals surface area contributed by atoms with E-state index in [9.17, 15) is 18.0 Å². The standard InChI is InChI=1S/C15H12F3NO2/c1-8(6-20)9-4-12(17)14(13(18)5-9)15-11(16)3-2-10(7-21)19-15/h2-5,7-8,20H,6H2,1H3. The number of carbonyl (C=O) groups excluding carboxylic acids is 1. The van der Waals surface area contributed by atoms with E-state index in [0.717, 1.165) is 24.3 Å². The van der Waals surface area contributed by atoms with E-state index in [0.29, 0.717) is 6.29 Å². The van der Waals surface area contributed by atoms with Gasteiger partial charge in [0.1, 0.15) is 28.8 Å². The number of carbonyl (C=O) groups is 1. The van der Waals surface area contributed by atoms with E-state index in [1.807, 2.05) is 0 Å². The first kappa shape index (κ1) is 15.2. The van der Waals surface area contributed by atoms with Crippen LogP contribution in [0, 0.1) is 17.5 Å². The average molecular weight is 295 g/mol. The molecule has 0 bridgehead atoms. The zero-order chi connectivity index (χ0) is 15.6. The van der Waals surface area contributed by atoms with Crippen molar-refractivity contribution in [1.82, 2.24) is 4.98 Å². The maximum Gasteiger partial charge on any atom is 0.168 e. The van der Waals surface area contributed by atoms with E-state index in [4.69, 9.17) is 5.11 Å². The number of aliphatic hydroxyl groups is 1. The van der Waals surface area contributed by atoms with Crippen LogP contribution in [0.15, 0.2) is 24.3 Å². The van der Waals surface area contributed by atoms with Crippen molar-refractivity contribution >= 4 is 6.29 Å². The number of rotatable bonds is 4. The maximum absolute atomic E-state index is 14.1. The Kier molecular flexibility index (Phi) is 4.37. The van der Waals surface area contributed by atoms with Crippen LogP contribution < -0.4 is 0 Å². The normalized spacial score (nSPS) is 12.2. The van der Waals surface area contributed by atoms with Gasteiger partial charge in [-0.25, -0.2) is 18.2 Å². The fourth-order valence-corrected chi connectivity index (χ4v) is 1.91. The summed E-state index contributed by atoms with van der Waals surface area (Å²) in [6.07, 6.45) is 0.362. The van der Waals surface area contributed by atoms with Crippen LogP contribution in [0.1, 0.15) is 28.9 Å². The minimum Gasteiger partial charge on any atom is -0.396 e. The molecule has 0 aliphatic heterocycles. The monoisotopic (exact) mass is 295 g/mol. The summed E-state index contributed by atoms with van der Waals surface area (Å²) in [5.74, 6) is -3.39. The van der Waals surface area contributed by atoms with Gasteiger partial charge in [-0.1, -0.05) is 6.92 Å². The van der Waals surface area contributed by atoms with Gasteiger partial charge in [-0.2, -0.15) is 0 Å². The minimum absolute atomic E-state index is 0.127. The highest BCUT2D eigenvalue weighted by Crippen LogP contribution is 2.30. The van der Waals surface area contributed by atoms with Crippen molar-refractivity contribution in [3.8, 4) is 11.3 Å². The highest BCUT2D eigenvalue weighted by Gasteiger charge is 2.20. The number of hydrogen-bond acceptors (Lipinski definition) is 3. The van der Waals surface area contributed by atoms with Gasteiger partial charge in [-0.3, -0.25) is 4.79 Å². The number of aldehydes is 1. The molecule has 0 aliphatic rings. The van der Waals surface area contributed by atoms with Crippen LogP contribution in [0.3, 0.4) is 0 Å². The lowest BCUT2D eigenvalue weighted by Gasteiger charge is -2.12. The van der Waals surface area contributed by atoms with Gasteiger partial charge in [0.05, 0.1) is 5.56 Å². The van der Waals surface area contributed by atoms with Crippen molar-refractivity contribution in [3.05, 3.63) is 53.0 Å². The summed E-state index contributed by atoms with van der Waals surface area (Å²) >= 11 is 0. The van der Waals surface area contributed by atoms with E-state index >= 15 is 0 Å². The van der Waals surface area contributed by atoms with E-state index in [-0.39, 0.29) is 17.9 Å². The molecule has 2 aromatic rings. The molecule has 2 rings (SSSR count). The number of halogens is 3. The van der Waals surface area contributed by atoms with Crippen LogP contribution in [-0.4, -0.2) is 23.0 Å². The van der Waals surface area contributed by atoms with Gasteiger partial charge in [-0.05, 0) is 29.8 Å². The molecule has 6 heteroatoms. The number of aliphatic hydroxyl groups excluding tert-OH is 1. The molecular formula is C15H12F3NO2. The van der Waals surface area contributed by atoms with Gasteiger partial charge in [0.25, 0.3) is 0 Å². The molecule has 1 atom stereocenters. The lowest BCUT2D eigenvalue weighted by Crippen LogP contribution is -2.04. The molecule has 1 heterocycles. The van der Waals surface area contributed by atoms with Gasteiger partial charge < -0.3 is 5.11 Å². The van der Waals surface area contributed by atoms with Crippen molar-refractivity contribution in [2.45, 2.75) is 12.8 Å². The Hall–Kier alpha value is -2.21. The average Bonchev–Trinajstić information content (AvgIpc) is 2.47. The Labute approximate surface area is 119 Å². The largest absolute Gasteiger partial charge is 0.396 e. The molecule has 0 saturated carbocycles. The van der Waals surface area contributed by atoms with Gasteiger partial charge in [0.2, 0.25) is 0 Å². The first-order chi connectivity index (χ1) is 9.97. The number of aromatic nitrogens is 1. The number of nitrogens with zero attached hydrogens (tertiary/aromatic N) is 1. The Balaban J connectivity index is 2.62. The molecule has 1 unspecified atom stereocenters. The maximum atomic E-state index is 14.1. The molecule has 1 aromatic heterocycles. The summed E-state index contributed by atoms with van der Waals surface area (Å²) in [7, 11) is 0. The SMILES string of the molecule is CC(CO)c1cc(F)c(-c2nc(C=O)ccc2F)c(F)c1. The van der Waals surface area contributed by atoms with E-state index in [2.05, 4.69) is 4.98 Å². The van der Waals surface area contributed by atoms with Gasteiger partial charge in [0.15, 0.2) is 6.29 Å². The zero-order valence-corrected chi connectivity index (χ0v) is 11.1. The first-order valence-corrected chi connectivity index (χ1v) is 6.19. The van der Waals surface area contributed by atoms with Crippen molar-refractivity contribution < 1.29 is 23.1 Å². The molecule has 110 valence electrons. The highest BCUT2D eigenvalue weighted by atomic mass is 19.1. The Morgan fingerprint density at radius 2 is 1.81 bits per heavy atom. The van der Waals surface area contributed by atoms with Crippen molar-refractivity contribution in [2.24, 2.45) is 0 Å². The van der Waals surface area contributed by atoms with E-state index in [1.54, 1.807) is 6.92 Å². The topological polar surface area (TPSA) is 50.2 Å². The van der Waals surface area contributed by atoms with Crippen molar-refractivity contribution in [2.75, 3.05) is 6.61 Å². The molecule has 0 amide bonds. The van der Waals surface area contributed by atoms with Crippen LogP contribution in [-0.2, 0) is 0 Å². The number of benzene rings is 1. The predicted octanol–water partition coefficient (Wildman–Crippen LogP) is 3.07. The predicted molar refractivity (Wildman–Crippen MR) is 70.4 cm³/mol. The summed E-state index contributed by atoms with van der Waals surface area (Å²) in [5.41, 5.74) is -1.07. The molecule has 21 heavy (non-hydrogen) atoms. The quantitative estimate of drug-likeness (QED) is 0.882. The minimum atomic E-state index is -1.00. The molecule has 0 spiro atoms. The van der Waals surface area contributed by atoms with Gasteiger partial charge in [-0.15, -0.1) is 0 Å². The highest BCUT2D eigenvalue weighted by molar-refractivity contribution is 5.74. The van der Waals surface area contributed by atoms with Crippen LogP contribution in [0.5, 0.6) is 0 Å². The molecule has 1 aromatic carbocycles. The Morgan fingerprint density at radius 1 is 1.19 bits per heavy atom. The molecule has 0 fully saturated rings. The summed E-state index contributed by atoms with van der Waals surface area (Å²) in [6.45, 7) is 1.32. The zero-order valence-electron chi connectivity index (χ0n) is 11.1. The molecular weight excluding hydrogens is 283 g/mol. The van der Waals surface area contributed by atoms with Crippen LogP contribution in [0.2, 0.25) is 0 Å². The van der Waals surface area contributed by atoms with Crippen LogP contribution in [0.25, 0.3) is 11.3 Å². The fourth-order valence-electron chi connectivity index (χ4n) is 1.91. The lowest BCUT2D eigenvalue weighted by atomic mass is 9.98. The molecule has 1 N–H and O–H groups in total. The Morgan fingerprint density at radius 3 is 2.33 bits per heavy atom. The van der Waals surface area contributed by atoms with Crippen LogP contribution >= 0.6 is 0 Å². The third-order valence-corrected chi connectivity index (χ3v) is 3.13. The number of hydrogen-bond donors (Lipinski definition) is 1. The summed E-state index contributed by atoms with van der Waals surface area (Å²) in [5, 5.41) is 9.01. The third kappa shape index (κ3) is 2.95. The lowest BCUT2D eigenvalue weighted by molar-refractivity contribution is 0.111. The van der Waals surface area contributed by atoms with Crippen LogP contribution in [0.4, 0.5) is 13.2 Å². The first-order valence-electron chi connectivity index (χ1n) is 6.19. The summed E-state index contributed by atoms with van der Waals surface area (Å²) in [6, 6.07) is 4.08. The molecule has 0 radical (unpaired) electrons. The van der Waals surface area contributed by atoms with Crippen molar-refractivity contribution in [3.63, 3.8) is 0 Å². The Bertz CT molecular complexity index is 666. The number of pyridine rings is 1. The van der Waals surface area contributed by atoms with E-state index in [1.165, 1.54) is 0 Å². The van der Waals surface area contributed by atoms with Crippen molar-refractivity contribution in [1.29, 1.82) is 0 Å². The molecule has 3 nitrogen and oxygen atoms in total. The molecule has 0 aliphatic carbocycles. The second-order valence-corrected chi connectivity index (χ2v) is 4.63. The second kappa shape index (κ2) is 6.05. The third-order valence-electron chi connectivity index (χ3n) is 3.13. The summed E-state index contributed by atoms with van der Waals surface area (Å²) < 4.78 is 41.9. The second-order valence-electron chi connectivity index (χ2n) is 4.63. The molecule has 0 saturated heterocycles. The van der Waals surface area contributed by atoms with Gasteiger partial charge in [0, 0.05) is 12.5 Å². The van der Waals surface area contributed by atoms with E-state index < -0.39 is 34.6 Å². The fraction of sp³-hybridized carbons (Fsp3) is 0.200.